The first-order valence-electron chi connectivity index (χ1n) is 4.63. The monoisotopic (exact) mass is 168 g/mol. The van der Waals surface area contributed by atoms with E-state index in [-0.39, 0.29) is 0 Å². The molecule has 4 heteroatoms. The van der Waals surface area contributed by atoms with Gasteiger partial charge in [-0.2, -0.15) is 0 Å². The largest absolute Gasteiger partial charge is 0.354 e. The second-order valence-electron chi connectivity index (χ2n) is 3.43. The summed E-state index contributed by atoms with van der Waals surface area (Å²) in [5.41, 5.74) is 0. The Bertz CT molecular complexity index is 189. The van der Waals surface area contributed by atoms with E-state index in [1.807, 2.05) is 0 Å². The zero-order valence-corrected chi connectivity index (χ0v) is 7.51. The fourth-order valence-corrected chi connectivity index (χ4v) is 1.72. The van der Waals surface area contributed by atoms with Crippen molar-refractivity contribution in [2.75, 3.05) is 32.7 Å². The summed E-state index contributed by atoms with van der Waals surface area (Å²) in [5.74, 6) is 1.10. The topological polar surface area (TPSA) is 39.7 Å². The summed E-state index contributed by atoms with van der Waals surface area (Å²) in [5, 5.41) is 6.71. The van der Waals surface area contributed by atoms with E-state index < -0.39 is 0 Å². The van der Waals surface area contributed by atoms with Crippen molar-refractivity contribution in [3.8, 4) is 0 Å². The zero-order valence-electron chi connectivity index (χ0n) is 7.51. The van der Waals surface area contributed by atoms with Gasteiger partial charge in [-0.05, 0) is 6.92 Å². The van der Waals surface area contributed by atoms with Crippen molar-refractivity contribution in [3.63, 3.8) is 0 Å². The molecule has 12 heavy (non-hydrogen) atoms. The van der Waals surface area contributed by atoms with Gasteiger partial charge in [-0.15, -0.1) is 0 Å². The quantitative estimate of drug-likeness (QED) is 0.499. The minimum Gasteiger partial charge on any atom is -0.354 e. The first kappa shape index (κ1) is 7.86. The lowest BCUT2D eigenvalue weighted by molar-refractivity contribution is 0.298. The van der Waals surface area contributed by atoms with Crippen molar-refractivity contribution >= 4 is 5.96 Å². The summed E-state index contributed by atoms with van der Waals surface area (Å²) in [6.45, 7) is 7.38. The van der Waals surface area contributed by atoms with Crippen LogP contribution in [0.15, 0.2) is 4.99 Å². The van der Waals surface area contributed by atoms with Crippen LogP contribution < -0.4 is 10.6 Å². The molecule has 0 aromatic carbocycles. The minimum atomic E-state index is 0.587. The SMILES string of the molecule is C[C@@H]1CN(C2=NCCN2)CCN1. The Hall–Kier alpha value is -0.770. The van der Waals surface area contributed by atoms with Gasteiger partial charge in [-0.25, -0.2) is 0 Å². The molecule has 1 saturated heterocycles. The predicted molar refractivity (Wildman–Crippen MR) is 49.3 cm³/mol. The van der Waals surface area contributed by atoms with E-state index in [1.54, 1.807) is 0 Å². The van der Waals surface area contributed by atoms with Crippen LogP contribution in [0.2, 0.25) is 0 Å². The second kappa shape index (κ2) is 3.31. The van der Waals surface area contributed by atoms with Gasteiger partial charge in [-0.1, -0.05) is 0 Å². The molecule has 0 aromatic heterocycles. The van der Waals surface area contributed by atoms with Crippen LogP contribution in [0.3, 0.4) is 0 Å². The van der Waals surface area contributed by atoms with Crippen LogP contribution in [0, 0.1) is 0 Å². The third-order valence-electron chi connectivity index (χ3n) is 2.32. The lowest BCUT2D eigenvalue weighted by atomic mass is 10.2. The summed E-state index contributed by atoms with van der Waals surface area (Å²) in [4.78, 5) is 6.73. The Kier molecular flexibility index (Phi) is 2.17. The number of hydrogen-bond donors (Lipinski definition) is 2. The lowest BCUT2D eigenvalue weighted by Crippen LogP contribution is -2.53. The van der Waals surface area contributed by atoms with Gasteiger partial charge >= 0.3 is 0 Å². The fourth-order valence-electron chi connectivity index (χ4n) is 1.72. The van der Waals surface area contributed by atoms with E-state index >= 15 is 0 Å². The van der Waals surface area contributed by atoms with E-state index in [0.29, 0.717) is 6.04 Å². The second-order valence-corrected chi connectivity index (χ2v) is 3.43. The van der Waals surface area contributed by atoms with Crippen LogP contribution in [0.4, 0.5) is 0 Å². The van der Waals surface area contributed by atoms with E-state index in [0.717, 1.165) is 38.7 Å². The summed E-state index contributed by atoms with van der Waals surface area (Å²) < 4.78 is 0. The van der Waals surface area contributed by atoms with Gasteiger partial charge < -0.3 is 15.5 Å². The molecule has 2 rings (SSSR count). The van der Waals surface area contributed by atoms with E-state index in [9.17, 15) is 0 Å². The van der Waals surface area contributed by atoms with Gasteiger partial charge in [0.1, 0.15) is 0 Å². The Morgan fingerprint density at radius 3 is 3.08 bits per heavy atom. The molecule has 0 spiro atoms. The molecule has 0 radical (unpaired) electrons. The summed E-state index contributed by atoms with van der Waals surface area (Å²) in [6, 6.07) is 0.587. The summed E-state index contributed by atoms with van der Waals surface area (Å²) in [6.07, 6.45) is 0. The fraction of sp³-hybridized carbons (Fsp3) is 0.875. The maximum absolute atomic E-state index is 4.40. The zero-order chi connectivity index (χ0) is 8.39. The van der Waals surface area contributed by atoms with Crippen LogP contribution in [0.25, 0.3) is 0 Å². The summed E-state index contributed by atoms with van der Waals surface area (Å²) >= 11 is 0. The van der Waals surface area contributed by atoms with Crippen LogP contribution in [-0.4, -0.2) is 49.6 Å². The molecule has 0 aliphatic carbocycles. The molecule has 68 valence electrons. The Labute approximate surface area is 73.0 Å². The summed E-state index contributed by atoms with van der Waals surface area (Å²) in [7, 11) is 0. The molecular formula is C8H16N4. The molecule has 0 saturated carbocycles. The number of aliphatic imine (C=N–C) groups is 1. The molecule has 0 amide bonds. The van der Waals surface area contributed by atoms with Gasteiger partial charge in [0.2, 0.25) is 0 Å². The van der Waals surface area contributed by atoms with Crippen molar-refractivity contribution in [1.29, 1.82) is 0 Å². The minimum absolute atomic E-state index is 0.587. The third-order valence-corrected chi connectivity index (χ3v) is 2.32. The molecule has 0 aromatic rings. The van der Waals surface area contributed by atoms with Crippen LogP contribution in [0.5, 0.6) is 0 Å². The number of guanidine groups is 1. The normalized spacial score (nSPS) is 29.9. The first-order chi connectivity index (χ1) is 5.86. The van der Waals surface area contributed by atoms with Crippen molar-refractivity contribution in [2.24, 2.45) is 4.99 Å². The molecule has 2 aliphatic rings. The molecule has 1 atom stereocenters. The van der Waals surface area contributed by atoms with Crippen LogP contribution >= 0.6 is 0 Å². The van der Waals surface area contributed by atoms with Gasteiger partial charge in [-0.3, -0.25) is 4.99 Å². The highest BCUT2D eigenvalue weighted by atomic mass is 15.3. The number of nitrogens with zero attached hydrogens (tertiary/aromatic N) is 2. The molecule has 4 nitrogen and oxygen atoms in total. The van der Waals surface area contributed by atoms with Crippen molar-refractivity contribution in [3.05, 3.63) is 0 Å². The molecular weight excluding hydrogens is 152 g/mol. The molecule has 2 aliphatic heterocycles. The number of hydrogen-bond acceptors (Lipinski definition) is 4. The van der Waals surface area contributed by atoms with Gasteiger partial charge in [0.05, 0.1) is 6.54 Å². The first-order valence-corrected chi connectivity index (χ1v) is 4.63. The lowest BCUT2D eigenvalue weighted by Gasteiger charge is -2.33. The number of piperazine rings is 1. The number of nitrogens with one attached hydrogen (secondary N) is 2. The molecule has 2 heterocycles. The van der Waals surface area contributed by atoms with Gasteiger partial charge in [0, 0.05) is 32.2 Å². The molecule has 0 unspecified atom stereocenters. The predicted octanol–water partition coefficient (Wildman–Crippen LogP) is -0.761. The van der Waals surface area contributed by atoms with Crippen LogP contribution in [-0.2, 0) is 0 Å². The maximum Gasteiger partial charge on any atom is 0.194 e. The average Bonchev–Trinajstić information content (AvgIpc) is 2.56. The standard InChI is InChI=1S/C8H16N4/c1-7-6-12(5-4-9-7)8-10-2-3-11-8/h7,9H,2-6H2,1H3,(H,10,11)/t7-/m1/s1. The Morgan fingerprint density at radius 1 is 1.50 bits per heavy atom. The van der Waals surface area contributed by atoms with E-state index in [1.165, 1.54) is 0 Å². The smallest absolute Gasteiger partial charge is 0.194 e. The average molecular weight is 168 g/mol. The number of rotatable bonds is 0. The van der Waals surface area contributed by atoms with Crippen molar-refractivity contribution in [1.82, 2.24) is 15.5 Å². The van der Waals surface area contributed by atoms with Crippen molar-refractivity contribution in [2.45, 2.75) is 13.0 Å². The highest BCUT2D eigenvalue weighted by molar-refractivity contribution is 5.81. The Balaban J connectivity index is 1.94. The molecule has 2 N–H and O–H groups in total. The molecule has 0 bridgehead atoms. The van der Waals surface area contributed by atoms with E-state index in [4.69, 9.17) is 0 Å². The van der Waals surface area contributed by atoms with E-state index in [2.05, 4.69) is 27.4 Å². The van der Waals surface area contributed by atoms with Gasteiger partial charge in [0.15, 0.2) is 5.96 Å². The van der Waals surface area contributed by atoms with Crippen LogP contribution in [0.1, 0.15) is 6.92 Å². The third kappa shape index (κ3) is 1.53. The van der Waals surface area contributed by atoms with Gasteiger partial charge in [0.25, 0.3) is 0 Å². The maximum atomic E-state index is 4.40. The molecule has 1 fully saturated rings. The Morgan fingerprint density at radius 2 is 2.42 bits per heavy atom. The highest BCUT2D eigenvalue weighted by Gasteiger charge is 2.19. The highest BCUT2D eigenvalue weighted by Crippen LogP contribution is 2.00. The van der Waals surface area contributed by atoms with Crippen molar-refractivity contribution < 1.29 is 0 Å².